The van der Waals surface area contributed by atoms with Crippen molar-refractivity contribution in [3.63, 3.8) is 0 Å². The molecule has 3 rings (SSSR count). The Labute approximate surface area is 144 Å². The number of aromatic nitrogens is 2. The predicted octanol–water partition coefficient (Wildman–Crippen LogP) is 3.69. The monoisotopic (exact) mass is 362 g/mol. The molecule has 3 aromatic rings. The Morgan fingerprint density at radius 2 is 1.92 bits per heavy atom. The van der Waals surface area contributed by atoms with Gasteiger partial charge in [0, 0.05) is 17.7 Å². The zero-order chi connectivity index (χ0) is 18.0. The average molecular weight is 363 g/mol. The van der Waals surface area contributed by atoms with Gasteiger partial charge in [-0.25, -0.2) is 4.39 Å². The van der Waals surface area contributed by atoms with Crippen molar-refractivity contribution >= 4 is 29.2 Å². The predicted molar refractivity (Wildman–Crippen MR) is 85.8 cm³/mol. The van der Waals surface area contributed by atoms with Crippen LogP contribution in [0.25, 0.3) is 11.5 Å². The van der Waals surface area contributed by atoms with Gasteiger partial charge in [-0.1, -0.05) is 16.7 Å². The first-order valence-electron chi connectivity index (χ1n) is 6.79. The Hall–Kier alpha value is -3.33. The molecule has 8 nitrogen and oxygen atoms in total. The Balaban J connectivity index is 1.81. The summed E-state index contributed by atoms with van der Waals surface area (Å²) in [7, 11) is 0. The number of hydrogen-bond donors (Lipinski definition) is 1. The molecule has 0 saturated carbocycles. The van der Waals surface area contributed by atoms with E-state index in [9.17, 15) is 19.3 Å². The fourth-order valence-corrected chi connectivity index (χ4v) is 2.15. The van der Waals surface area contributed by atoms with Crippen molar-refractivity contribution in [2.24, 2.45) is 0 Å². The number of rotatable bonds is 4. The minimum absolute atomic E-state index is 0.0290. The van der Waals surface area contributed by atoms with Crippen molar-refractivity contribution in [2.75, 3.05) is 5.32 Å². The number of carbonyl (C=O) groups is 1. The van der Waals surface area contributed by atoms with Gasteiger partial charge < -0.3 is 4.42 Å². The number of anilines is 1. The second kappa shape index (κ2) is 6.65. The number of amides is 1. The maximum atomic E-state index is 12.9. The van der Waals surface area contributed by atoms with Crippen LogP contribution in [0.5, 0.6) is 0 Å². The third-order valence-electron chi connectivity index (χ3n) is 3.14. The summed E-state index contributed by atoms with van der Waals surface area (Å²) in [5.41, 5.74) is 0.0623. The molecule has 1 heterocycles. The molecule has 2 aromatic carbocycles. The number of nitrogens with one attached hydrogen (secondary N) is 1. The van der Waals surface area contributed by atoms with E-state index < -0.39 is 16.6 Å². The van der Waals surface area contributed by atoms with Crippen LogP contribution in [0.3, 0.4) is 0 Å². The molecule has 0 unspecified atom stereocenters. The number of benzene rings is 2. The van der Waals surface area contributed by atoms with Crippen LogP contribution in [0.1, 0.15) is 10.4 Å². The molecule has 0 fully saturated rings. The third kappa shape index (κ3) is 3.61. The van der Waals surface area contributed by atoms with Crippen LogP contribution in [0.4, 0.5) is 16.1 Å². The van der Waals surface area contributed by atoms with Crippen molar-refractivity contribution < 1.29 is 18.5 Å². The Morgan fingerprint density at radius 3 is 2.60 bits per heavy atom. The molecule has 1 amide bonds. The highest BCUT2D eigenvalue weighted by Gasteiger charge is 2.18. The Kier molecular flexibility index (Phi) is 4.40. The van der Waals surface area contributed by atoms with E-state index in [1.54, 1.807) is 0 Å². The molecule has 1 N–H and O–H groups in total. The smallest absolute Gasteiger partial charge is 0.322 e. The third-order valence-corrected chi connectivity index (χ3v) is 3.47. The quantitative estimate of drug-likeness (QED) is 0.559. The average Bonchev–Trinajstić information content (AvgIpc) is 3.04. The van der Waals surface area contributed by atoms with E-state index in [-0.39, 0.29) is 28.2 Å². The van der Waals surface area contributed by atoms with Crippen LogP contribution in [0, 0.1) is 15.9 Å². The zero-order valence-corrected chi connectivity index (χ0v) is 13.0. The van der Waals surface area contributed by atoms with Crippen molar-refractivity contribution in [1.29, 1.82) is 0 Å². The highest BCUT2D eigenvalue weighted by Crippen LogP contribution is 2.24. The van der Waals surface area contributed by atoms with E-state index in [0.717, 1.165) is 6.07 Å². The molecule has 1 aromatic heterocycles. The zero-order valence-electron chi connectivity index (χ0n) is 12.3. The first-order chi connectivity index (χ1) is 11.9. The Morgan fingerprint density at radius 1 is 1.20 bits per heavy atom. The summed E-state index contributed by atoms with van der Waals surface area (Å²) in [5.74, 6) is -1.10. The van der Waals surface area contributed by atoms with Crippen LogP contribution < -0.4 is 5.32 Å². The summed E-state index contributed by atoms with van der Waals surface area (Å²) in [5, 5.41) is 20.5. The van der Waals surface area contributed by atoms with E-state index >= 15 is 0 Å². The number of nitro benzene ring substituents is 1. The molecular formula is C15H8ClFN4O4. The van der Waals surface area contributed by atoms with Gasteiger partial charge in [0.15, 0.2) is 0 Å². The number of nitro groups is 1. The fourth-order valence-electron chi connectivity index (χ4n) is 1.95. The van der Waals surface area contributed by atoms with Crippen molar-refractivity contribution in [3.05, 3.63) is 69.0 Å². The molecular weight excluding hydrogens is 355 g/mol. The molecule has 0 aliphatic rings. The van der Waals surface area contributed by atoms with E-state index in [0.29, 0.717) is 5.56 Å². The van der Waals surface area contributed by atoms with Gasteiger partial charge in [0.1, 0.15) is 5.82 Å². The number of halogens is 2. The minimum atomic E-state index is -0.747. The Bertz CT molecular complexity index is 958. The van der Waals surface area contributed by atoms with E-state index in [4.69, 9.17) is 16.0 Å². The van der Waals surface area contributed by atoms with Gasteiger partial charge in [-0.3, -0.25) is 20.2 Å². The first kappa shape index (κ1) is 16.5. The maximum absolute atomic E-state index is 12.9. The van der Waals surface area contributed by atoms with E-state index in [1.165, 1.54) is 36.4 Å². The van der Waals surface area contributed by atoms with Gasteiger partial charge >= 0.3 is 6.01 Å². The molecule has 0 atom stereocenters. The molecule has 126 valence electrons. The van der Waals surface area contributed by atoms with Gasteiger partial charge in [0.2, 0.25) is 5.89 Å². The summed E-state index contributed by atoms with van der Waals surface area (Å²) in [6.45, 7) is 0. The molecule has 10 heteroatoms. The van der Waals surface area contributed by atoms with Gasteiger partial charge in [0.05, 0.1) is 15.5 Å². The largest absolute Gasteiger partial charge is 0.403 e. The van der Waals surface area contributed by atoms with Crippen LogP contribution >= 0.6 is 11.6 Å². The minimum Gasteiger partial charge on any atom is -0.403 e. The molecule has 0 radical (unpaired) electrons. The molecule has 0 bridgehead atoms. The fraction of sp³-hybridized carbons (Fsp3) is 0. The van der Waals surface area contributed by atoms with Crippen molar-refractivity contribution in [1.82, 2.24) is 10.2 Å². The number of hydrogen-bond acceptors (Lipinski definition) is 6. The van der Waals surface area contributed by atoms with E-state index in [2.05, 4.69) is 15.5 Å². The molecule has 0 aliphatic heterocycles. The van der Waals surface area contributed by atoms with Gasteiger partial charge in [-0.15, -0.1) is 5.10 Å². The molecule has 0 saturated heterocycles. The summed E-state index contributed by atoms with van der Waals surface area (Å²) in [6, 6.07) is 8.55. The topological polar surface area (TPSA) is 111 Å². The van der Waals surface area contributed by atoms with Gasteiger partial charge in [0.25, 0.3) is 11.6 Å². The van der Waals surface area contributed by atoms with Crippen molar-refractivity contribution in [2.45, 2.75) is 0 Å². The number of carbonyl (C=O) groups excluding carboxylic acids is 1. The number of nitrogens with zero attached hydrogens (tertiary/aromatic N) is 3. The van der Waals surface area contributed by atoms with Crippen LogP contribution in [-0.2, 0) is 0 Å². The highest BCUT2D eigenvalue weighted by molar-refractivity contribution is 6.34. The van der Waals surface area contributed by atoms with Crippen LogP contribution in [-0.4, -0.2) is 21.0 Å². The second-order valence-corrected chi connectivity index (χ2v) is 5.20. The van der Waals surface area contributed by atoms with Crippen LogP contribution in [0.15, 0.2) is 46.9 Å². The molecule has 25 heavy (non-hydrogen) atoms. The summed E-state index contributed by atoms with van der Waals surface area (Å²) >= 11 is 5.89. The normalized spacial score (nSPS) is 10.5. The standard InChI is InChI=1S/C15H8ClFN4O4/c16-12-6-5-10(21(23)24)7-11(12)13(22)18-15-20-19-14(25-15)8-1-3-9(17)4-2-8/h1-7H,(H,18,20,22). The van der Waals surface area contributed by atoms with Gasteiger partial charge in [-0.2, -0.15) is 0 Å². The lowest BCUT2D eigenvalue weighted by atomic mass is 10.2. The summed E-state index contributed by atoms with van der Waals surface area (Å²) in [4.78, 5) is 22.4. The lowest BCUT2D eigenvalue weighted by Crippen LogP contribution is -2.13. The summed E-state index contributed by atoms with van der Waals surface area (Å²) in [6.07, 6.45) is 0. The number of non-ortho nitro benzene ring substituents is 1. The maximum Gasteiger partial charge on any atom is 0.322 e. The van der Waals surface area contributed by atoms with Crippen molar-refractivity contribution in [3.8, 4) is 11.5 Å². The lowest BCUT2D eigenvalue weighted by molar-refractivity contribution is -0.384. The lowest BCUT2D eigenvalue weighted by Gasteiger charge is -2.03. The SMILES string of the molecule is O=C(Nc1nnc(-c2ccc(F)cc2)o1)c1cc([N+](=O)[O-])ccc1Cl. The van der Waals surface area contributed by atoms with Gasteiger partial charge in [-0.05, 0) is 30.3 Å². The second-order valence-electron chi connectivity index (χ2n) is 4.79. The van der Waals surface area contributed by atoms with Crippen LogP contribution in [0.2, 0.25) is 5.02 Å². The molecule has 0 spiro atoms. The first-order valence-corrected chi connectivity index (χ1v) is 7.16. The highest BCUT2D eigenvalue weighted by atomic mass is 35.5. The van der Waals surface area contributed by atoms with E-state index in [1.807, 2.05) is 0 Å². The summed E-state index contributed by atoms with van der Waals surface area (Å²) < 4.78 is 18.2. The molecule has 0 aliphatic carbocycles.